The molecule has 47 heavy (non-hydrogen) atoms. The van der Waals surface area contributed by atoms with Gasteiger partial charge in [-0.1, -0.05) is 112 Å². The molecule has 0 saturated carbocycles. The first-order valence-corrected chi connectivity index (χ1v) is 16.1. The summed E-state index contributed by atoms with van der Waals surface area (Å²) >= 11 is 0. The molecule has 0 N–H and O–H groups in total. The molecule has 6 aromatic carbocycles. The molecule has 4 nitrogen and oxygen atoms in total. The van der Waals surface area contributed by atoms with Crippen LogP contribution in [0.2, 0.25) is 0 Å². The predicted octanol–water partition coefficient (Wildman–Crippen LogP) is 11.5. The van der Waals surface area contributed by atoms with Crippen molar-refractivity contribution in [2.24, 2.45) is 0 Å². The maximum absolute atomic E-state index is 5.35. The molecular weight excluding hydrogens is 573 g/mol. The Morgan fingerprint density at radius 3 is 1.47 bits per heavy atom. The van der Waals surface area contributed by atoms with Gasteiger partial charge in [0, 0.05) is 46.6 Å². The summed E-state index contributed by atoms with van der Waals surface area (Å²) in [6, 6.07) is 55.1. The zero-order chi connectivity index (χ0) is 32.4. The Hall–Kier alpha value is -5.74. The number of aromatic nitrogens is 2. The largest absolute Gasteiger partial charge is 0.345 e. The molecule has 0 amide bonds. The molecule has 0 bridgehead atoms. The van der Waals surface area contributed by atoms with Crippen LogP contribution < -0.4 is 9.80 Å². The van der Waals surface area contributed by atoms with Crippen molar-refractivity contribution in [2.45, 2.75) is 26.2 Å². The first-order chi connectivity index (χ1) is 22.9. The maximum Gasteiger partial charge on any atom is 0.0973 e. The third-order valence-electron chi connectivity index (χ3n) is 8.60. The van der Waals surface area contributed by atoms with Gasteiger partial charge in [-0.3, -0.25) is 0 Å². The molecule has 4 heteroatoms. The zero-order valence-electron chi connectivity index (χ0n) is 27.3. The van der Waals surface area contributed by atoms with E-state index in [1.165, 1.54) is 5.56 Å². The quantitative estimate of drug-likeness (QED) is 0.180. The van der Waals surface area contributed by atoms with E-state index in [1.807, 2.05) is 12.1 Å². The molecule has 0 radical (unpaired) electrons. The summed E-state index contributed by atoms with van der Waals surface area (Å²) in [5, 5.41) is 0. The van der Waals surface area contributed by atoms with Gasteiger partial charge in [0.1, 0.15) is 0 Å². The SMILES string of the molecule is CN(c1ccccc1)c1ccc(N(c2ccccc2)c2ccc(-c3nc4c(C(C)(C)C)cccc4nc3-c3ccccc3)cc2)cc1. The Labute approximate surface area is 277 Å². The van der Waals surface area contributed by atoms with E-state index in [-0.39, 0.29) is 5.41 Å². The molecule has 0 unspecified atom stereocenters. The molecule has 0 fully saturated rings. The van der Waals surface area contributed by atoms with E-state index in [0.29, 0.717) is 0 Å². The topological polar surface area (TPSA) is 32.3 Å². The van der Waals surface area contributed by atoms with E-state index >= 15 is 0 Å². The lowest BCUT2D eigenvalue weighted by Crippen LogP contribution is -2.13. The van der Waals surface area contributed by atoms with Gasteiger partial charge < -0.3 is 9.80 Å². The maximum atomic E-state index is 5.35. The van der Waals surface area contributed by atoms with E-state index in [9.17, 15) is 0 Å². The Balaban J connectivity index is 1.31. The van der Waals surface area contributed by atoms with Crippen molar-refractivity contribution < 1.29 is 0 Å². The van der Waals surface area contributed by atoms with Crippen LogP contribution in [-0.4, -0.2) is 17.0 Å². The van der Waals surface area contributed by atoms with Gasteiger partial charge in [-0.15, -0.1) is 0 Å². The van der Waals surface area contributed by atoms with Crippen molar-refractivity contribution in [3.05, 3.63) is 163 Å². The molecule has 0 atom stereocenters. The standard InChI is InChI=1S/C43H38N4/c1-43(2,3)38-21-14-22-39-42(38)45-41(40(44-39)31-15-8-5-9-16-31)32-23-25-36(26-24-32)47(35-19-12-7-13-20-35)37-29-27-34(28-30-37)46(4)33-17-10-6-11-18-33/h5-30H,1-4H3. The lowest BCUT2D eigenvalue weighted by molar-refractivity contribution is 0.594. The lowest BCUT2D eigenvalue weighted by Gasteiger charge is -2.27. The number of benzene rings is 6. The van der Waals surface area contributed by atoms with Gasteiger partial charge in [0.2, 0.25) is 0 Å². The van der Waals surface area contributed by atoms with Crippen molar-refractivity contribution >= 4 is 39.5 Å². The number of rotatable bonds is 7. The second kappa shape index (κ2) is 12.6. The molecule has 0 aliphatic heterocycles. The predicted molar refractivity (Wildman–Crippen MR) is 198 cm³/mol. The van der Waals surface area contributed by atoms with Crippen LogP contribution in [0.25, 0.3) is 33.5 Å². The molecule has 230 valence electrons. The molecule has 1 heterocycles. The molecular formula is C43H38N4. The van der Waals surface area contributed by atoms with Gasteiger partial charge in [-0.2, -0.15) is 0 Å². The van der Waals surface area contributed by atoms with Crippen LogP contribution in [0.4, 0.5) is 28.4 Å². The fourth-order valence-corrected chi connectivity index (χ4v) is 6.10. The van der Waals surface area contributed by atoms with E-state index in [2.05, 4.69) is 183 Å². The highest BCUT2D eigenvalue weighted by molar-refractivity contribution is 5.89. The van der Waals surface area contributed by atoms with Crippen molar-refractivity contribution in [1.29, 1.82) is 0 Å². The minimum atomic E-state index is -0.0643. The summed E-state index contributed by atoms with van der Waals surface area (Å²) < 4.78 is 0. The van der Waals surface area contributed by atoms with Gasteiger partial charge in [0.25, 0.3) is 0 Å². The highest BCUT2D eigenvalue weighted by Gasteiger charge is 2.21. The van der Waals surface area contributed by atoms with E-state index in [1.54, 1.807) is 0 Å². The lowest BCUT2D eigenvalue weighted by atomic mass is 9.86. The summed E-state index contributed by atoms with van der Waals surface area (Å²) in [4.78, 5) is 15.1. The monoisotopic (exact) mass is 610 g/mol. The number of hydrogen-bond acceptors (Lipinski definition) is 4. The minimum absolute atomic E-state index is 0.0643. The first-order valence-electron chi connectivity index (χ1n) is 16.1. The highest BCUT2D eigenvalue weighted by atomic mass is 15.1. The number of anilines is 5. The summed E-state index contributed by atoms with van der Waals surface area (Å²) in [5.41, 5.74) is 12.3. The van der Waals surface area contributed by atoms with Gasteiger partial charge in [0.15, 0.2) is 0 Å². The zero-order valence-corrected chi connectivity index (χ0v) is 27.3. The van der Waals surface area contributed by atoms with Gasteiger partial charge >= 0.3 is 0 Å². The van der Waals surface area contributed by atoms with Crippen LogP contribution in [0.1, 0.15) is 26.3 Å². The van der Waals surface area contributed by atoms with E-state index in [0.717, 1.165) is 62.0 Å². The Kier molecular flexibility index (Phi) is 8.01. The van der Waals surface area contributed by atoms with Crippen LogP contribution in [0.5, 0.6) is 0 Å². The van der Waals surface area contributed by atoms with Crippen molar-refractivity contribution in [1.82, 2.24) is 9.97 Å². The third-order valence-corrected chi connectivity index (χ3v) is 8.60. The average molecular weight is 611 g/mol. The fourth-order valence-electron chi connectivity index (χ4n) is 6.10. The Morgan fingerprint density at radius 2 is 0.872 bits per heavy atom. The second-order valence-electron chi connectivity index (χ2n) is 12.8. The third kappa shape index (κ3) is 6.10. The van der Waals surface area contributed by atoms with Gasteiger partial charge in [0.05, 0.1) is 22.4 Å². The van der Waals surface area contributed by atoms with Crippen molar-refractivity contribution in [3.63, 3.8) is 0 Å². The molecule has 7 rings (SSSR count). The molecule has 0 saturated heterocycles. The minimum Gasteiger partial charge on any atom is -0.345 e. The number of hydrogen-bond donors (Lipinski definition) is 0. The Bertz CT molecular complexity index is 2100. The molecule has 0 spiro atoms. The Morgan fingerprint density at radius 1 is 0.426 bits per heavy atom. The summed E-state index contributed by atoms with van der Waals surface area (Å²) in [5.74, 6) is 0. The van der Waals surface area contributed by atoms with Crippen LogP contribution in [-0.2, 0) is 5.41 Å². The highest BCUT2D eigenvalue weighted by Crippen LogP contribution is 2.39. The molecule has 1 aromatic heterocycles. The number of fused-ring (bicyclic) bond motifs is 1. The fraction of sp³-hybridized carbons (Fsp3) is 0.116. The first kappa shape index (κ1) is 29.9. The summed E-state index contributed by atoms with van der Waals surface area (Å²) in [7, 11) is 2.10. The molecule has 0 aliphatic carbocycles. The molecule has 7 aromatic rings. The summed E-state index contributed by atoms with van der Waals surface area (Å²) in [6.07, 6.45) is 0. The van der Waals surface area contributed by atoms with Crippen LogP contribution >= 0.6 is 0 Å². The van der Waals surface area contributed by atoms with Gasteiger partial charge in [-0.25, -0.2) is 9.97 Å². The van der Waals surface area contributed by atoms with Crippen LogP contribution in [0.15, 0.2) is 158 Å². The van der Waals surface area contributed by atoms with Crippen molar-refractivity contribution in [3.8, 4) is 22.5 Å². The van der Waals surface area contributed by atoms with Crippen LogP contribution in [0, 0.1) is 0 Å². The molecule has 0 aliphatic rings. The smallest absolute Gasteiger partial charge is 0.0973 e. The number of para-hydroxylation sites is 3. The van der Waals surface area contributed by atoms with Gasteiger partial charge in [-0.05, 0) is 77.7 Å². The second-order valence-corrected chi connectivity index (χ2v) is 12.8. The van der Waals surface area contributed by atoms with E-state index in [4.69, 9.17) is 9.97 Å². The average Bonchev–Trinajstić information content (AvgIpc) is 3.12. The number of nitrogens with zero attached hydrogens (tertiary/aromatic N) is 4. The normalized spacial score (nSPS) is 11.4. The van der Waals surface area contributed by atoms with E-state index < -0.39 is 0 Å². The van der Waals surface area contributed by atoms with Crippen LogP contribution in [0.3, 0.4) is 0 Å². The van der Waals surface area contributed by atoms with Crippen molar-refractivity contribution in [2.75, 3.05) is 16.8 Å². The summed E-state index contributed by atoms with van der Waals surface area (Å²) in [6.45, 7) is 6.69.